The van der Waals surface area contributed by atoms with Gasteiger partial charge in [-0.25, -0.2) is 0 Å². The van der Waals surface area contributed by atoms with Gasteiger partial charge in [0, 0.05) is 19.2 Å². The van der Waals surface area contributed by atoms with Gasteiger partial charge >= 0.3 is 0 Å². The molecule has 0 aliphatic carbocycles. The molecule has 1 heterocycles. The average molecular weight is 145 g/mol. The van der Waals surface area contributed by atoms with Gasteiger partial charge in [-0.15, -0.1) is 0 Å². The molecule has 0 aromatic carbocycles. The zero-order valence-corrected chi connectivity index (χ0v) is 6.08. The highest BCUT2D eigenvalue weighted by Crippen LogP contribution is 2.12. The van der Waals surface area contributed by atoms with Gasteiger partial charge in [-0.1, -0.05) is 0 Å². The first-order valence-electron chi connectivity index (χ1n) is 3.82. The maximum Gasteiger partial charge on any atom is 0.0584 e. The lowest BCUT2D eigenvalue weighted by molar-refractivity contribution is 0.154. The van der Waals surface area contributed by atoms with Crippen molar-refractivity contribution >= 4 is 0 Å². The molecule has 1 aliphatic heterocycles. The fraction of sp³-hybridized carbons (Fsp3) is 1.00. The molecule has 1 rings (SSSR count). The molecule has 10 heavy (non-hydrogen) atoms. The highest BCUT2D eigenvalue weighted by molar-refractivity contribution is 4.76. The van der Waals surface area contributed by atoms with Crippen molar-refractivity contribution in [3.63, 3.8) is 0 Å². The van der Waals surface area contributed by atoms with Gasteiger partial charge in [0.1, 0.15) is 0 Å². The van der Waals surface area contributed by atoms with Crippen LogP contribution in [0.3, 0.4) is 0 Å². The van der Waals surface area contributed by atoms with Crippen molar-refractivity contribution in [2.24, 2.45) is 5.92 Å². The third-order valence-corrected chi connectivity index (χ3v) is 2.10. The lowest BCUT2D eigenvalue weighted by Crippen LogP contribution is -2.42. The number of nitrogens with one attached hydrogen (secondary N) is 1. The van der Waals surface area contributed by atoms with E-state index in [1.54, 1.807) is 0 Å². The summed E-state index contributed by atoms with van der Waals surface area (Å²) in [6.45, 7) is 1.34. The summed E-state index contributed by atoms with van der Waals surface area (Å²) in [7, 11) is 0. The van der Waals surface area contributed by atoms with E-state index in [-0.39, 0.29) is 19.3 Å². The lowest BCUT2D eigenvalue weighted by Gasteiger charge is -2.27. The van der Waals surface area contributed by atoms with Crippen LogP contribution in [0.4, 0.5) is 0 Å². The predicted octanol–water partition coefficient (Wildman–Crippen LogP) is -0.661. The van der Waals surface area contributed by atoms with E-state index < -0.39 is 0 Å². The Morgan fingerprint density at radius 2 is 2.00 bits per heavy atom. The van der Waals surface area contributed by atoms with E-state index in [0.717, 1.165) is 19.4 Å². The second-order valence-electron chi connectivity index (χ2n) is 2.91. The molecule has 3 N–H and O–H groups in total. The highest BCUT2D eigenvalue weighted by atomic mass is 16.3. The SMILES string of the molecule is OCC1CCC(CO)NC1. The minimum absolute atomic E-state index is 0.220. The summed E-state index contributed by atoms with van der Waals surface area (Å²) >= 11 is 0. The number of piperidine rings is 1. The number of aliphatic hydroxyl groups excluding tert-OH is 2. The number of hydrogen-bond donors (Lipinski definition) is 3. The summed E-state index contributed by atoms with van der Waals surface area (Å²) in [6, 6.07) is 0.266. The van der Waals surface area contributed by atoms with Crippen LogP contribution < -0.4 is 5.32 Å². The first kappa shape index (κ1) is 7.98. The van der Waals surface area contributed by atoms with E-state index in [0.29, 0.717) is 5.92 Å². The highest BCUT2D eigenvalue weighted by Gasteiger charge is 2.18. The summed E-state index contributed by atoms with van der Waals surface area (Å²) in [4.78, 5) is 0. The Morgan fingerprint density at radius 1 is 1.20 bits per heavy atom. The summed E-state index contributed by atoms with van der Waals surface area (Å²) in [6.07, 6.45) is 2.02. The summed E-state index contributed by atoms with van der Waals surface area (Å²) < 4.78 is 0. The van der Waals surface area contributed by atoms with Crippen LogP contribution in [0, 0.1) is 5.92 Å². The maximum absolute atomic E-state index is 8.75. The van der Waals surface area contributed by atoms with E-state index in [1.807, 2.05) is 0 Å². The minimum Gasteiger partial charge on any atom is -0.396 e. The molecule has 3 heteroatoms. The van der Waals surface area contributed by atoms with E-state index in [1.165, 1.54) is 0 Å². The fourth-order valence-electron chi connectivity index (χ4n) is 1.29. The summed E-state index contributed by atoms with van der Waals surface area (Å²) in [5.74, 6) is 0.405. The first-order chi connectivity index (χ1) is 4.86. The molecular weight excluding hydrogens is 130 g/mol. The monoisotopic (exact) mass is 145 g/mol. The second kappa shape index (κ2) is 3.91. The standard InChI is InChI=1S/C7H15NO2/c9-4-6-1-2-7(5-10)8-3-6/h6-10H,1-5H2. The van der Waals surface area contributed by atoms with Gasteiger partial charge in [0.25, 0.3) is 0 Å². The van der Waals surface area contributed by atoms with Crippen molar-refractivity contribution in [3.05, 3.63) is 0 Å². The van der Waals surface area contributed by atoms with Crippen LogP contribution in [0.2, 0.25) is 0 Å². The van der Waals surface area contributed by atoms with Crippen molar-refractivity contribution in [1.82, 2.24) is 5.32 Å². The molecule has 0 aromatic rings. The van der Waals surface area contributed by atoms with Gasteiger partial charge in [0.2, 0.25) is 0 Å². The number of aliphatic hydroxyl groups is 2. The Balaban J connectivity index is 2.17. The third-order valence-electron chi connectivity index (χ3n) is 2.10. The molecule has 1 fully saturated rings. The molecule has 60 valence electrons. The van der Waals surface area contributed by atoms with Crippen LogP contribution in [-0.2, 0) is 0 Å². The third kappa shape index (κ3) is 1.94. The van der Waals surface area contributed by atoms with Crippen LogP contribution in [0.15, 0.2) is 0 Å². The Labute approximate surface area is 61.1 Å². The normalized spacial score (nSPS) is 34.2. The first-order valence-corrected chi connectivity index (χ1v) is 3.82. The van der Waals surface area contributed by atoms with E-state index in [4.69, 9.17) is 10.2 Å². The van der Waals surface area contributed by atoms with Crippen molar-refractivity contribution in [3.8, 4) is 0 Å². The molecule has 0 spiro atoms. The molecule has 2 atom stereocenters. The van der Waals surface area contributed by atoms with Crippen LogP contribution >= 0.6 is 0 Å². The molecule has 0 saturated carbocycles. The van der Waals surface area contributed by atoms with Crippen LogP contribution in [0.1, 0.15) is 12.8 Å². The Bertz CT molecular complexity index is 77.6. The topological polar surface area (TPSA) is 52.5 Å². The maximum atomic E-state index is 8.75. The molecular formula is C7H15NO2. The summed E-state index contributed by atoms with van der Waals surface area (Å²) in [5, 5.41) is 20.6. The molecule has 0 radical (unpaired) electrons. The molecule has 1 aliphatic rings. The number of rotatable bonds is 2. The van der Waals surface area contributed by atoms with Crippen molar-refractivity contribution in [2.45, 2.75) is 18.9 Å². The molecule has 2 unspecified atom stereocenters. The zero-order chi connectivity index (χ0) is 7.40. The van der Waals surface area contributed by atoms with Gasteiger partial charge in [0.15, 0.2) is 0 Å². The van der Waals surface area contributed by atoms with E-state index in [9.17, 15) is 0 Å². The van der Waals surface area contributed by atoms with Gasteiger partial charge in [-0.05, 0) is 18.8 Å². The minimum atomic E-state index is 0.220. The molecule has 3 nitrogen and oxygen atoms in total. The van der Waals surface area contributed by atoms with E-state index >= 15 is 0 Å². The molecule has 1 saturated heterocycles. The van der Waals surface area contributed by atoms with Crippen LogP contribution in [-0.4, -0.2) is 36.0 Å². The Morgan fingerprint density at radius 3 is 2.40 bits per heavy atom. The molecule has 0 aromatic heterocycles. The molecule has 0 amide bonds. The lowest BCUT2D eigenvalue weighted by atomic mass is 9.96. The average Bonchev–Trinajstić information content (AvgIpc) is 2.05. The van der Waals surface area contributed by atoms with E-state index in [2.05, 4.69) is 5.32 Å². The smallest absolute Gasteiger partial charge is 0.0584 e. The van der Waals surface area contributed by atoms with Crippen molar-refractivity contribution in [1.29, 1.82) is 0 Å². The van der Waals surface area contributed by atoms with Crippen LogP contribution in [0.25, 0.3) is 0 Å². The Kier molecular flexibility index (Phi) is 3.12. The molecule has 0 bridgehead atoms. The van der Waals surface area contributed by atoms with Crippen molar-refractivity contribution in [2.75, 3.05) is 19.8 Å². The quantitative estimate of drug-likeness (QED) is 0.483. The number of hydrogen-bond acceptors (Lipinski definition) is 3. The van der Waals surface area contributed by atoms with Gasteiger partial charge < -0.3 is 15.5 Å². The largest absolute Gasteiger partial charge is 0.396 e. The Hall–Kier alpha value is -0.120. The second-order valence-corrected chi connectivity index (χ2v) is 2.91. The van der Waals surface area contributed by atoms with Crippen molar-refractivity contribution < 1.29 is 10.2 Å². The fourth-order valence-corrected chi connectivity index (χ4v) is 1.29. The summed E-state index contributed by atoms with van der Waals surface area (Å²) in [5.41, 5.74) is 0. The zero-order valence-electron chi connectivity index (χ0n) is 6.08. The van der Waals surface area contributed by atoms with Gasteiger partial charge in [0.05, 0.1) is 6.61 Å². The predicted molar refractivity (Wildman–Crippen MR) is 38.7 cm³/mol. The van der Waals surface area contributed by atoms with Gasteiger partial charge in [-0.3, -0.25) is 0 Å². The van der Waals surface area contributed by atoms with Gasteiger partial charge in [-0.2, -0.15) is 0 Å². The van der Waals surface area contributed by atoms with Crippen LogP contribution in [0.5, 0.6) is 0 Å².